The van der Waals surface area contributed by atoms with Gasteiger partial charge in [-0.05, 0) is 24.6 Å². The van der Waals surface area contributed by atoms with Gasteiger partial charge >= 0.3 is 0 Å². The molecule has 0 aliphatic heterocycles. The van der Waals surface area contributed by atoms with Crippen LogP contribution in [0, 0.1) is 17.5 Å². The Morgan fingerprint density at radius 2 is 1.68 bits per heavy atom. The number of carbonyl (C=O) groups excluding carboxylic acids is 2. The Hall–Kier alpha value is -3.03. The van der Waals surface area contributed by atoms with Crippen LogP contribution in [-0.2, 0) is 11.4 Å². The van der Waals surface area contributed by atoms with Crippen LogP contribution in [0.25, 0.3) is 0 Å². The van der Waals surface area contributed by atoms with Crippen molar-refractivity contribution >= 4 is 11.8 Å². The van der Waals surface area contributed by atoms with Crippen LogP contribution in [0.15, 0.2) is 36.4 Å². The zero-order chi connectivity index (χ0) is 18.6. The first kappa shape index (κ1) is 18.3. The molecule has 0 radical (unpaired) electrons. The first-order valence-corrected chi connectivity index (χ1v) is 7.24. The molecule has 0 unspecified atom stereocenters. The summed E-state index contributed by atoms with van der Waals surface area (Å²) in [5, 5.41) is 2.09. The molecule has 2 aromatic rings. The lowest BCUT2D eigenvalue weighted by molar-refractivity contribution is -0.119. The molecule has 0 bridgehead atoms. The molecule has 25 heavy (non-hydrogen) atoms. The van der Waals surface area contributed by atoms with Gasteiger partial charge in [0.05, 0.1) is 0 Å². The van der Waals surface area contributed by atoms with Crippen LogP contribution >= 0.6 is 0 Å². The highest BCUT2D eigenvalue weighted by Crippen LogP contribution is 2.22. The Balaban J connectivity index is 2.12. The van der Waals surface area contributed by atoms with E-state index >= 15 is 0 Å². The fraction of sp³-hybridized carbons (Fsp3) is 0.176. The number of hydrogen-bond donors (Lipinski definition) is 2. The molecule has 0 saturated carbocycles. The normalized spacial score (nSPS) is 11.7. The van der Waals surface area contributed by atoms with Crippen molar-refractivity contribution in [3.8, 4) is 5.75 Å². The second kappa shape index (κ2) is 7.69. The van der Waals surface area contributed by atoms with Crippen molar-refractivity contribution in [2.45, 2.75) is 19.6 Å². The van der Waals surface area contributed by atoms with E-state index in [1.807, 2.05) is 0 Å². The predicted molar refractivity (Wildman–Crippen MR) is 83.2 cm³/mol. The standard InChI is InChI=1S/C17H15F3N2O3/c1-9(16(21)23)22-17(24)15-13(19)6-12(7-14(15)20)25-8-10-2-4-11(18)5-3-10/h2-7,9H,8H2,1H3,(H2,21,23)(H,22,24)/t9-/m0/s1. The summed E-state index contributed by atoms with van der Waals surface area (Å²) in [5.41, 5.74) is 4.73. The van der Waals surface area contributed by atoms with Gasteiger partial charge in [0, 0.05) is 12.1 Å². The number of halogens is 3. The summed E-state index contributed by atoms with van der Waals surface area (Å²) in [4.78, 5) is 22.8. The van der Waals surface area contributed by atoms with Crippen molar-refractivity contribution < 1.29 is 27.5 Å². The van der Waals surface area contributed by atoms with Crippen molar-refractivity contribution in [2.24, 2.45) is 5.73 Å². The second-order valence-corrected chi connectivity index (χ2v) is 5.27. The van der Waals surface area contributed by atoms with Gasteiger partial charge in [0.15, 0.2) is 0 Å². The highest BCUT2D eigenvalue weighted by Gasteiger charge is 2.22. The minimum absolute atomic E-state index is 0.0383. The number of nitrogens with one attached hydrogen (secondary N) is 1. The number of benzene rings is 2. The number of hydrogen-bond acceptors (Lipinski definition) is 3. The minimum Gasteiger partial charge on any atom is -0.489 e. The topological polar surface area (TPSA) is 81.4 Å². The van der Waals surface area contributed by atoms with Crippen LogP contribution in [0.1, 0.15) is 22.8 Å². The maximum atomic E-state index is 14.0. The highest BCUT2D eigenvalue weighted by atomic mass is 19.1. The summed E-state index contributed by atoms with van der Waals surface area (Å²) >= 11 is 0. The van der Waals surface area contributed by atoms with Crippen LogP contribution < -0.4 is 15.8 Å². The SMILES string of the molecule is C[C@H](NC(=O)c1c(F)cc(OCc2ccc(F)cc2)cc1F)C(N)=O. The quantitative estimate of drug-likeness (QED) is 0.837. The minimum atomic E-state index is -1.15. The third kappa shape index (κ3) is 4.72. The molecule has 8 heteroatoms. The summed E-state index contributed by atoms with van der Waals surface area (Å²) < 4.78 is 46.1. The Kier molecular flexibility index (Phi) is 5.63. The van der Waals surface area contributed by atoms with Gasteiger partial charge in [0.25, 0.3) is 5.91 Å². The summed E-state index contributed by atoms with van der Waals surface area (Å²) in [7, 11) is 0. The van der Waals surface area contributed by atoms with Crippen LogP contribution in [0.4, 0.5) is 13.2 Å². The number of ether oxygens (including phenoxy) is 1. The molecule has 5 nitrogen and oxygen atoms in total. The van der Waals surface area contributed by atoms with E-state index in [-0.39, 0.29) is 12.4 Å². The number of carbonyl (C=O) groups is 2. The lowest BCUT2D eigenvalue weighted by Gasteiger charge is -2.13. The van der Waals surface area contributed by atoms with Crippen LogP contribution in [0.5, 0.6) is 5.75 Å². The Morgan fingerprint density at radius 1 is 1.12 bits per heavy atom. The fourth-order valence-electron chi connectivity index (χ4n) is 1.94. The first-order chi connectivity index (χ1) is 11.8. The van der Waals surface area contributed by atoms with E-state index in [0.717, 1.165) is 12.1 Å². The second-order valence-electron chi connectivity index (χ2n) is 5.27. The van der Waals surface area contributed by atoms with Crippen molar-refractivity contribution in [2.75, 3.05) is 0 Å². The highest BCUT2D eigenvalue weighted by molar-refractivity contribution is 5.97. The average molecular weight is 352 g/mol. The van der Waals surface area contributed by atoms with E-state index in [1.54, 1.807) is 0 Å². The molecule has 0 spiro atoms. The molecule has 0 aliphatic rings. The van der Waals surface area contributed by atoms with Gasteiger partial charge in [0.1, 0.15) is 41.4 Å². The van der Waals surface area contributed by atoms with Gasteiger partial charge < -0.3 is 15.8 Å². The molecule has 1 atom stereocenters. The number of amides is 2. The van der Waals surface area contributed by atoms with Gasteiger partial charge in [-0.15, -0.1) is 0 Å². The molecule has 0 fully saturated rings. The molecule has 0 aliphatic carbocycles. The van der Waals surface area contributed by atoms with Gasteiger partial charge in [-0.1, -0.05) is 12.1 Å². The van der Waals surface area contributed by atoms with Gasteiger partial charge in [-0.2, -0.15) is 0 Å². The van der Waals surface area contributed by atoms with E-state index < -0.39 is 40.9 Å². The summed E-state index contributed by atoms with van der Waals surface area (Å²) in [6.07, 6.45) is 0. The van der Waals surface area contributed by atoms with Crippen LogP contribution in [0.2, 0.25) is 0 Å². The number of rotatable bonds is 6. The van der Waals surface area contributed by atoms with Crippen molar-refractivity contribution in [1.29, 1.82) is 0 Å². The van der Waals surface area contributed by atoms with Gasteiger partial charge in [-0.25, -0.2) is 13.2 Å². The maximum absolute atomic E-state index is 14.0. The van der Waals surface area contributed by atoms with Crippen molar-refractivity contribution in [3.63, 3.8) is 0 Å². The average Bonchev–Trinajstić information content (AvgIpc) is 2.53. The monoisotopic (exact) mass is 352 g/mol. The summed E-state index contributed by atoms with van der Waals surface area (Å²) in [6.45, 7) is 1.25. The molecular formula is C17H15F3N2O3. The summed E-state index contributed by atoms with van der Waals surface area (Å²) in [5.74, 6) is -4.80. The Bertz CT molecular complexity index is 771. The molecule has 2 rings (SSSR count). The smallest absolute Gasteiger partial charge is 0.257 e. The van der Waals surface area contributed by atoms with E-state index in [0.29, 0.717) is 5.56 Å². The number of primary amides is 1. The van der Waals surface area contributed by atoms with Crippen molar-refractivity contribution in [1.82, 2.24) is 5.32 Å². The Morgan fingerprint density at radius 3 is 2.20 bits per heavy atom. The predicted octanol–water partition coefficient (Wildman–Crippen LogP) is 2.29. The molecule has 132 valence electrons. The zero-order valence-corrected chi connectivity index (χ0v) is 13.2. The van der Waals surface area contributed by atoms with E-state index in [2.05, 4.69) is 5.32 Å². The van der Waals surface area contributed by atoms with E-state index in [4.69, 9.17) is 10.5 Å². The third-order valence-electron chi connectivity index (χ3n) is 3.34. The molecule has 0 aromatic heterocycles. The van der Waals surface area contributed by atoms with E-state index in [1.165, 1.54) is 31.2 Å². The lowest BCUT2D eigenvalue weighted by atomic mass is 10.1. The Labute approximate surface area is 141 Å². The van der Waals surface area contributed by atoms with Gasteiger partial charge in [0.2, 0.25) is 5.91 Å². The first-order valence-electron chi connectivity index (χ1n) is 7.24. The molecule has 0 saturated heterocycles. The molecule has 2 aromatic carbocycles. The maximum Gasteiger partial charge on any atom is 0.257 e. The number of nitrogens with two attached hydrogens (primary N) is 1. The zero-order valence-electron chi connectivity index (χ0n) is 13.2. The molecule has 2 amide bonds. The van der Waals surface area contributed by atoms with Crippen LogP contribution in [-0.4, -0.2) is 17.9 Å². The third-order valence-corrected chi connectivity index (χ3v) is 3.34. The molecule has 3 N–H and O–H groups in total. The molecular weight excluding hydrogens is 337 g/mol. The van der Waals surface area contributed by atoms with E-state index in [9.17, 15) is 22.8 Å². The fourth-order valence-corrected chi connectivity index (χ4v) is 1.94. The molecule has 0 heterocycles. The largest absolute Gasteiger partial charge is 0.489 e. The van der Waals surface area contributed by atoms with Crippen LogP contribution in [0.3, 0.4) is 0 Å². The lowest BCUT2D eigenvalue weighted by Crippen LogP contribution is -2.42. The van der Waals surface area contributed by atoms with Crippen molar-refractivity contribution in [3.05, 3.63) is 65.0 Å². The summed E-state index contributed by atoms with van der Waals surface area (Å²) in [6, 6.07) is 6.00. The van der Waals surface area contributed by atoms with Gasteiger partial charge in [-0.3, -0.25) is 9.59 Å².